The van der Waals surface area contributed by atoms with E-state index in [0.717, 1.165) is 23.5 Å². The first-order chi connectivity index (χ1) is 9.82. The predicted molar refractivity (Wildman–Crippen MR) is 77.0 cm³/mol. The monoisotopic (exact) mass is 380 g/mol. The van der Waals surface area contributed by atoms with E-state index in [2.05, 4.69) is 26.2 Å². The zero-order valence-corrected chi connectivity index (χ0v) is 12.6. The summed E-state index contributed by atoms with van der Waals surface area (Å²) in [5.74, 6) is 4.39. The number of aromatic nitrogens is 1. The number of hydrogen-bond acceptors (Lipinski definition) is 5. The zero-order valence-electron chi connectivity index (χ0n) is 10.2. The number of amides is 1. The Balaban J connectivity index is 2.37. The third-order valence-corrected chi connectivity index (χ3v) is 3.85. The van der Waals surface area contributed by atoms with Crippen LogP contribution < -0.4 is 16.6 Å². The van der Waals surface area contributed by atoms with Gasteiger partial charge in [0.05, 0.1) is 26.8 Å². The van der Waals surface area contributed by atoms with Gasteiger partial charge in [0, 0.05) is 0 Å². The first kappa shape index (κ1) is 15.7. The maximum absolute atomic E-state index is 12.9. The number of rotatable bonds is 3. The molecule has 0 aliphatic carbocycles. The standard InChI is InChI=1S/C11H8BrF3N4OS/c12-7-4-17-10(21-7)18-9(20)5-2-1-3-6(8(5)19-16)11(13,14)15/h1-4,19H,16H2,(H,17,18,20). The molecule has 0 unspecified atom stereocenters. The minimum Gasteiger partial charge on any atom is -0.323 e. The van der Waals surface area contributed by atoms with Gasteiger partial charge in [0.25, 0.3) is 5.91 Å². The number of carbonyl (C=O) groups is 1. The summed E-state index contributed by atoms with van der Waals surface area (Å²) in [5, 5.41) is 2.66. The molecule has 0 saturated heterocycles. The summed E-state index contributed by atoms with van der Waals surface area (Å²) in [6.45, 7) is 0. The van der Waals surface area contributed by atoms with E-state index >= 15 is 0 Å². The molecule has 2 aromatic rings. The van der Waals surface area contributed by atoms with Crippen LogP contribution >= 0.6 is 27.3 Å². The van der Waals surface area contributed by atoms with Gasteiger partial charge < -0.3 is 5.43 Å². The van der Waals surface area contributed by atoms with E-state index in [0.29, 0.717) is 3.79 Å². The van der Waals surface area contributed by atoms with Crippen LogP contribution in [0.15, 0.2) is 28.2 Å². The van der Waals surface area contributed by atoms with Crippen LogP contribution in [0, 0.1) is 0 Å². The van der Waals surface area contributed by atoms with Crippen molar-refractivity contribution in [3.8, 4) is 0 Å². The van der Waals surface area contributed by atoms with Crippen LogP contribution in [0.2, 0.25) is 0 Å². The molecule has 2 rings (SSSR count). The molecule has 5 nitrogen and oxygen atoms in total. The molecular formula is C11H8BrF3N4OS. The fourth-order valence-electron chi connectivity index (χ4n) is 1.61. The molecule has 0 bridgehead atoms. The van der Waals surface area contributed by atoms with Gasteiger partial charge in [0.2, 0.25) is 0 Å². The minimum absolute atomic E-state index is 0.223. The number of anilines is 2. The smallest absolute Gasteiger partial charge is 0.323 e. The number of halogens is 4. The lowest BCUT2D eigenvalue weighted by atomic mass is 10.1. The van der Waals surface area contributed by atoms with E-state index in [-0.39, 0.29) is 10.7 Å². The van der Waals surface area contributed by atoms with E-state index in [1.54, 1.807) is 0 Å². The second-order valence-corrected chi connectivity index (χ2v) is 6.20. The molecule has 1 aromatic carbocycles. The molecule has 1 amide bonds. The third kappa shape index (κ3) is 3.52. The van der Waals surface area contributed by atoms with Crippen molar-refractivity contribution in [3.05, 3.63) is 39.3 Å². The normalized spacial score (nSPS) is 11.3. The van der Waals surface area contributed by atoms with Gasteiger partial charge in [0.1, 0.15) is 0 Å². The summed E-state index contributed by atoms with van der Waals surface area (Å²) in [6, 6.07) is 3.21. The van der Waals surface area contributed by atoms with Gasteiger partial charge in [-0.2, -0.15) is 13.2 Å². The molecule has 1 aromatic heterocycles. The molecule has 112 valence electrons. The summed E-state index contributed by atoms with van der Waals surface area (Å²) < 4.78 is 39.3. The van der Waals surface area contributed by atoms with Crippen molar-refractivity contribution < 1.29 is 18.0 Å². The molecule has 0 aliphatic rings. The maximum atomic E-state index is 12.9. The average Bonchev–Trinajstić information content (AvgIpc) is 2.82. The number of alkyl halides is 3. The summed E-state index contributed by atoms with van der Waals surface area (Å²) in [7, 11) is 0. The molecule has 0 saturated carbocycles. The number of thiazole rings is 1. The number of para-hydroxylation sites is 1. The molecule has 4 N–H and O–H groups in total. The molecule has 0 fully saturated rings. The molecule has 21 heavy (non-hydrogen) atoms. The second kappa shape index (κ2) is 6.00. The fraction of sp³-hybridized carbons (Fsp3) is 0.0909. The van der Waals surface area contributed by atoms with Gasteiger partial charge in [-0.25, -0.2) is 4.98 Å². The number of nitrogen functional groups attached to an aromatic ring is 1. The number of hydrogen-bond donors (Lipinski definition) is 3. The van der Waals surface area contributed by atoms with Gasteiger partial charge >= 0.3 is 6.18 Å². The van der Waals surface area contributed by atoms with Crippen molar-refractivity contribution in [3.63, 3.8) is 0 Å². The van der Waals surface area contributed by atoms with Crippen molar-refractivity contribution in [1.82, 2.24) is 4.98 Å². The Labute approximate surface area is 129 Å². The van der Waals surface area contributed by atoms with E-state index in [1.165, 1.54) is 12.3 Å². The van der Waals surface area contributed by atoms with Gasteiger partial charge in [0.15, 0.2) is 5.13 Å². The Morgan fingerprint density at radius 2 is 2.10 bits per heavy atom. The first-order valence-electron chi connectivity index (χ1n) is 5.42. The van der Waals surface area contributed by atoms with Crippen LogP contribution in [0.3, 0.4) is 0 Å². The number of nitrogens with one attached hydrogen (secondary N) is 2. The summed E-state index contributed by atoms with van der Waals surface area (Å²) in [4.78, 5) is 15.9. The van der Waals surface area contributed by atoms with Crippen LogP contribution in [0.25, 0.3) is 0 Å². The molecule has 0 spiro atoms. The zero-order chi connectivity index (χ0) is 15.6. The molecule has 10 heteroatoms. The van der Waals surface area contributed by atoms with Crippen LogP contribution in [-0.2, 0) is 6.18 Å². The number of hydrazine groups is 1. The topological polar surface area (TPSA) is 80.0 Å². The van der Waals surface area contributed by atoms with Crippen molar-refractivity contribution >= 4 is 44.0 Å². The summed E-state index contributed by atoms with van der Waals surface area (Å²) >= 11 is 4.30. The molecular weight excluding hydrogens is 373 g/mol. The predicted octanol–water partition coefficient (Wildman–Crippen LogP) is 3.46. The lowest BCUT2D eigenvalue weighted by Crippen LogP contribution is -2.21. The third-order valence-electron chi connectivity index (χ3n) is 2.46. The number of nitrogens with zero attached hydrogens (tertiary/aromatic N) is 1. The van der Waals surface area contributed by atoms with Crippen molar-refractivity contribution in [1.29, 1.82) is 0 Å². The quantitative estimate of drug-likeness (QED) is 0.562. The number of carbonyl (C=O) groups excluding carboxylic acids is 1. The largest absolute Gasteiger partial charge is 0.418 e. The van der Waals surface area contributed by atoms with Gasteiger partial charge in [-0.1, -0.05) is 17.4 Å². The Kier molecular flexibility index (Phi) is 4.49. The highest BCUT2D eigenvalue weighted by molar-refractivity contribution is 9.11. The Morgan fingerprint density at radius 1 is 1.38 bits per heavy atom. The molecule has 0 aliphatic heterocycles. The number of benzene rings is 1. The van der Waals surface area contributed by atoms with Crippen molar-refractivity contribution in [2.24, 2.45) is 5.84 Å². The van der Waals surface area contributed by atoms with E-state index in [9.17, 15) is 18.0 Å². The van der Waals surface area contributed by atoms with Crippen LogP contribution in [0.1, 0.15) is 15.9 Å². The number of nitrogens with two attached hydrogens (primary N) is 1. The Bertz CT molecular complexity index is 674. The Hall–Kier alpha value is -1.65. The van der Waals surface area contributed by atoms with Crippen LogP contribution in [-0.4, -0.2) is 10.9 Å². The lowest BCUT2D eigenvalue weighted by molar-refractivity contribution is -0.137. The SMILES string of the molecule is NNc1c(C(=O)Nc2ncc(Br)s2)cccc1C(F)(F)F. The molecule has 0 radical (unpaired) electrons. The van der Waals surface area contributed by atoms with Crippen LogP contribution in [0.4, 0.5) is 24.0 Å². The van der Waals surface area contributed by atoms with E-state index in [1.807, 2.05) is 5.43 Å². The van der Waals surface area contributed by atoms with Gasteiger partial charge in [-0.3, -0.25) is 16.0 Å². The highest BCUT2D eigenvalue weighted by Gasteiger charge is 2.35. The fourth-order valence-corrected chi connectivity index (χ4v) is 2.71. The maximum Gasteiger partial charge on any atom is 0.418 e. The molecule has 0 atom stereocenters. The van der Waals surface area contributed by atoms with Gasteiger partial charge in [-0.15, -0.1) is 0 Å². The van der Waals surface area contributed by atoms with E-state index in [4.69, 9.17) is 5.84 Å². The minimum atomic E-state index is -4.62. The van der Waals surface area contributed by atoms with Crippen LogP contribution in [0.5, 0.6) is 0 Å². The second-order valence-electron chi connectivity index (χ2n) is 3.79. The first-order valence-corrected chi connectivity index (χ1v) is 7.03. The highest BCUT2D eigenvalue weighted by atomic mass is 79.9. The lowest BCUT2D eigenvalue weighted by Gasteiger charge is -2.15. The summed E-state index contributed by atoms with van der Waals surface area (Å²) in [5.41, 5.74) is 0.208. The summed E-state index contributed by atoms with van der Waals surface area (Å²) in [6.07, 6.45) is -3.16. The van der Waals surface area contributed by atoms with Crippen molar-refractivity contribution in [2.75, 3.05) is 10.7 Å². The average molecular weight is 381 g/mol. The van der Waals surface area contributed by atoms with Crippen molar-refractivity contribution in [2.45, 2.75) is 6.18 Å². The Morgan fingerprint density at radius 3 is 2.62 bits per heavy atom. The highest BCUT2D eigenvalue weighted by Crippen LogP contribution is 2.36. The molecule has 1 heterocycles. The van der Waals surface area contributed by atoms with E-state index < -0.39 is 23.3 Å². The van der Waals surface area contributed by atoms with Gasteiger partial charge in [-0.05, 0) is 28.1 Å².